The number of carbonyl (C=O) groups excluding carboxylic acids is 3. The number of benzene rings is 2. The molecule has 0 heterocycles. The van der Waals surface area contributed by atoms with Crippen LogP contribution < -0.4 is 15.5 Å². The Kier molecular flexibility index (Phi) is 8.69. The summed E-state index contributed by atoms with van der Waals surface area (Å²) in [6.07, 6.45) is 4.11. The predicted molar refractivity (Wildman–Crippen MR) is 153 cm³/mol. The summed E-state index contributed by atoms with van der Waals surface area (Å²) in [5.74, 6) is -1.38. The molecule has 4 rings (SSSR count). The van der Waals surface area contributed by atoms with Crippen molar-refractivity contribution in [1.29, 1.82) is 5.53 Å². The van der Waals surface area contributed by atoms with E-state index in [4.69, 9.17) is 33.5 Å². The first-order valence-electron chi connectivity index (χ1n) is 13.4. The smallest absolute Gasteiger partial charge is 0.333 e. The van der Waals surface area contributed by atoms with Crippen molar-refractivity contribution in [3.63, 3.8) is 0 Å². The maximum absolute atomic E-state index is 13.7. The fourth-order valence-electron chi connectivity index (χ4n) is 5.45. The molecule has 0 saturated heterocycles. The number of rotatable bonds is 9. The second-order valence-electron chi connectivity index (χ2n) is 11.6. The molecular weight excluding hydrogens is 553 g/mol. The third kappa shape index (κ3) is 6.38. The van der Waals surface area contributed by atoms with Gasteiger partial charge in [-0.3, -0.25) is 9.59 Å². The molecule has 0 radical (unpaired) electrons. The Morgan fingerprint density at radius 3 is 2.27 bits per heavy atom. The molecule has 0 bridgehead atoms. The van der Waals surface area contributed by atoms with Gasteiger partial charge >= 0.3 is 5.97 Å². The van der Waals surface area contributed by atoms with Crippen LogP contribution in [0.3, 0.4) is 0 Å². The second-order valence-corrected chi connectivity index (χ2v) is 12.4. The summed E-state index contributed by atoms with van der Waals surface area (Å²) >= 11 is 12.3. The Balaban J connectivity index is 1.54. The number of amides is 2. The van der Waals surface area contributed by atoms with Gasteiger partial charge in [-0.05, 0) is 76.3 Å². The lowest BCUT2D eigenvalue weighted by atomic mass is 9.81. The van der Waals surface area contributed by atoms with Gasteiger partial charge in [0, 0.05) is 11.6 Å². The first-order valence-corrected chi connectivity index (χ1v) is 14.1. The van der Waals surface area contributed by atoms with E-state index in [1.165, 1.54) is 0 Å². The Morgan fingerprint density at radius 1 is 1.07 bits per heavy atom. The van der Waals surface area contributed by atoms with Crippen molar-refractivity contribution in [1.82, 2.24) is 10.2 Å². The highest BCUT2D eigenvalue weighted by molar-refractivity contribution is 6.40. The first-order chi connectivity index (χ1) is 18.9. The van der Waals surface area contributed by atoms with Crippen molar-refractivity contribution in [2.45, 2.75) is 76.4 Å². The molecule has 0 aliphatic heterocycles. The summed E-state index contributed by atoms with van der Waals surface area (Å²) in [5, 5.41) is 10.2. The van der Waals surface area contributed by atoms with Gasteiger partial charge in [-0.15, -0.1) is 0 Å². The summed E-state index contributed by atoms with van der Waals surface area (Å²) in [6, 6.07) is 12.0. The summed E-state index contributed by atoms with van der Waals surface area (Å²) in [7, 11) is 0. The molecule has 2 atom stereocenters. The van der Waals surface area contributed by atoms with Crippen molar-refractivity contribution < 1.29 is 19.1 Å². The van der Waals surface area contributed by atoms with E-state index in [0.29, 0.717) is 31.4 Å². The number of hydrogen-bond acceptors (Lipinski definition) is 6. The molecule has 0 spiro atoms. The largest absolute Gasteiger partial charge is 0.458 e. The van der Waals surface area contributed by atoms with Crippen molar-refractivity contribution in [2.24, 2.45) is 10.5 Å². The highest BCUT2D eigenvalue weighted by Gasteiger charge is 2.64. The molecule has 3 N–H and O–H groups in total. The maximum Gasteiger partial charge on any atom is 0.333 e. The third-order valence-electron chi connectivity index (χ3n) is 7.62. The van der Waals surface area contributed by atoms with E-state index in [-0.39, 0.29) is 34.0 Å². The normalized spacial score (nSPS) is 21.2. The van der Waals surface area contributed by atoms with Gasteiger partial charge in [0.1, 0.15) is 28.3 Å². The zero-order valence-corrected chi connectivity index (χ0v) is 24.4. The lowest BCUT2D eigenvalue weighted by Crippen LogP contribution is -2.52. The molecule has 2 amide bonds. The Bertz CT molecular complexity index is 1320. The minimum atomic E-state index is -1.19. The molecule has 0 aromatic heterocycles. The van der Waals surface area contributed by atoms with Gasteiger partial charge in [0.15, 0.2) is 0 Å². The van der Waals surface area contributed by atoms with Gasteiger partial charge in [-0.1, -0.05) is 54.2 Å². The first kappa shape index (κ1) is 29.7. The third-order valence-corrected chi connectivity index (χ3v) is 8.25. The fraction of sp³-hybridized carbons (Fsp3) is 0.483. The zero-order chi connectivity index (χ0) is 29.1. The minimum absolute atomic E-state index is 0.181. The van der Waals surface area contributed by atoms with Gasteiger partial charge in [-0.2, -0.15) is 0 Å². The van der Waals surface area contributed by atoms with Crippen LogP contribution in [0.5, 0.6) is 0 Å². The molecule has 40 heavy (non-hydrogen) atoms. The summed E-state index contributed by atoms with van der Waals surface area (Å²) in [6.45, 7) is 5.67. The molecular formula is C29H34Cl2N5O4+. The van der Waals surface area contributed by atoms with Crippen LogP contribution in [0.1, 0.15) is 81.1 Å². The molecule has 212 valence electrons. The van der Waals surface area contributed by atoms with Crippen LogP contribution in [0, 0.1) is 10.9 Å². The lowest BCUT2D eigenvalue weighted by Gasteiger charge is -2.31. The highest BCUT2D eigenvalue weighted by Crippen LogP contribution is 2.54. The van der Waals surface area contributed by atoms with Crippen molar-refractivity contribution in [3.05, 3.63) is 63.6 Å². The predicted octanol–water partition coefficient (Wildman–Crippen LogP) is 6.43. The summed E-state index contributed by atoms with van der Waals surface area (Å²) in [5.41, 5.74) is 5.94. The fourth-order valence-corrected chi connectivity index (χ4v) is 6.02. The molecule has 2 aromatic carbocycles. The van der Waals surface area contributed by atoms with Gasteiger partial charge in [0.25, 0.3) is 5.91 Å². The maximum atomic E-state index is 13.7. The van der Waals surface area contributed by atoms with Crippen LogP contribution in [0.4, 0.5) is 5.69 Å². The molecule has 2 aromatic rings. The van der Waals surface area contributed by atoms with E-state index in [9.17, 15) is 14.4 Å². The van der Waals surface area contributed by atoms with E-state index in [2.05, 4.69) is 20.7 Å². The number of halogens is 2. The Morgan fingerprint density at radius 2 is 1.70 bits per heavy atom. The average molecular weight is 588 g/mol. The number of carbonyl (C=O) groups is 3. The van der Waals surface area contributed by atoms with Crippen LogP contribution in [0.15, 0.2) is 47.6 Å². The molecule has 2 unspecified atom stereocenters. The quantitative estimate of drug-likeness (QED) is 0.177. The number of ether oxygens (including phenoxy) is 1. The molecule has 2 saturated carbocycles. The van der Waals surface area contributed by atoms with Gasteiger partial charge in [-0.25, -0.2) is 4.79 Å². The second kappa shape index (κ2) is 11.7. The van der Waals surface area contributed by atoms with Gasteiger partial charge in [0.2, 0.25) is 10.8 Å². The van der Waals surface area contributed by atoms with Crippen LogP contribution in [-0.2, 0) is 14.3 Å². The minimum Gasteiger partial charge on any atom is -0.458 e. The Labute approximate surface area is 243 Å². The number of esters is 1. The van der Waals surface area contributed by atoms with Crippen molar-refractivity contribution in [3.8, 4) is 0 Å². The van der Waals surface area contributed by atoms with Crippen LogP contribution >= 0.6 is 23.2 Å². The molecule has 11 heteroatoms. The number of nitrogens with one attached hydrogen (secondary N) is 3. The van der Waals surface area contributed by atoms with Crippen molar-refractivity contribution in [2.75, 3.05) is 11.9 Å². The van der Waals surface area contributed by atoms with Crippen molar-refractivity contribution >= 4 is 46.7 Å². The number of nitrogens with zero attached hydrogens (tertiary/aromatic N) is 2. The monoisotopic (exact) mass is 586 g/mol. The standard InChI is InChI=1S/C29H33Cl2N5O4/c1-27(2,3)40-26(39)29(35-25(38)28(13-4-5-14-28)15-16-33-36-32)17-20(29)18-9-11-19(12-10-18)34-24(37)23-21(30)7-6-8-22(23)31/h6-12,20,32H,4-5,13-17H2,1-3H3,(H-,34,35,37,38)/p+1. The van der Waals surface area contributed by atoms with Crippen LogP contribution in [0.2, 0.25) is 10.0 Å². The molecule has 9 nitrogen and oxygen atoms in total. The molecule has 2 fully saturated rings. The molecule has 2 aliphatic rings. The van der Waals surface area contributed by atoms with E-state index in [1.807, 2.05) is 12.1 Å². The topological polar surface area (TPSA) is 135 Å². The van der Waals surface area contributed by atoms with Gasteiger partial charge in [0.05, 0.1) is 21.0 Å². The van der Waals surface area contributed by atoms with Crippen LogP contribution in [-0.4, -0.2) is 35.5 Å². The number of anilines is 1. The summed E-state index contributed by atoms with van der Waals surface area (Å²) in [4.78, 5) is 43.1. The van der Waals surface area contributed by atoms with E-state index in [1.54, 1.807) is 51.1 Å². The van der Waals surface area contributed by atoms with E-state index in [0.717, 1.165) is 18.4 Å². The average Bonchev–Trinajstić information content (AvgIpc) is 3.40. The lowest BCUT2D eigenvalue weighted by molar-refractivity contribution is -0.161. The van der Waals surface area contributed by atoms with Gasteiger partial charge < -0.3 is 15.4 Å². The highest BCUT2D eigenvalue weighted by atomic mass is 35.5. The number of hydrogen-bond donors (Lipinski definition) is 3. The van der Waals surface area contributed by atoms with E-state index >= 15 is 0 Å². The molecule has 2 aliphatic carbocycles. The SMILES string of the molecule is CC(C)(C)OC(=O)C1(NC(=O)C2(CCN=[N+]=N)CCCC2)CC1c1ccc(NC(=O)c2c(Cl)cccc2Cl)cc1. The summed E-state index contributed by atoms with van der Waals surface area (Å²) < 4.78 is 5.77. The Hall–Kier alpha value is -3.26. The van der Waals surface area contributed by atoms with E-state index < -0.39 is 28.4 Å². The van der Waals surface area contributed by atoms with Crippen LogP contribution in [0.25, 0.3) is 0 Å². The zero-order valence-electron chi connectivity index (χ0n) is 22.9.